The van der Waals surface area contributed by atoms with Gasteiger partial charge < -0.3 is 16.0 Å². The molecule has 0 spiro atoms. The van der Waals surface area contributed by atoms with Crippen molar-refractivity contribution in [2.24, 2.45) is 5.73 Å². The Morgan fingerprint density at radius 1 is 1.38 bits per heavy atom. The van der Waals surface area contributed by atoms with E-state index in [1.54, 1.807) is 0 Å². The predicted octanol–water partition coefficient (Wildman–Crippen LogP) is 1.70. The Balaban J connectivity index is 2.32. The number of nitrogens with two attached hydrogens (primary N) is 1. The van der Waals surface area contributed by atoms with Crippen LogP contribution in [0.15, 0.2) is 0 Å². The van der Waals surface area contributed by atoms with Gasteiger partial charge in [0.05, 0.1) is 0 Å². The third-order valence-corrected chi connectivity index (χ3v) is 3.10. The summed E-state index contributed by atoms with van der Waals surface area (Å²) in [4.78, 5) is 13.9. The number of nitrogens with zero attached hydrogens (tertiary/aromatic N) is 1. The van der Waals surface area contributed by atoms with Gasteiger partial charge in [-0.15, -0.1) is 0 Å². The van der Waals surface area contributed by atoms with Crippen molar-refractivity contribution in [3.05, 3.63) is 0 Å². The molecular weight excluding hydrogens is 202 g/mol. The molecule has 0 saturated heterocycles. The van der Waals surface area contributed by atoms with Crippen LogP contribution in [0.4, 0.5) is 4.79 Å². The Labute approximate surface area is 98.6 Å². The topological polar surface area (TPSA) is 58.4 Å². The highest BCUT2D eigenvalue weighted by molar-refractivity contribution is 5.74. The third kappa shape index (κ3) is 4.39. The third-order valence-electron chi connectivity index (χ3n) is 3.10. The maximum Gasteiger partial charge on any atom is 0.317 e. The van der Waals surface area contributed by atoms with Crippen LogP contribution >= 0.6 is 0 Å². The highest BCUT2D eigenvalue weighted by Gasteiger charge is 2.19. The summed E-state index contributed by atoms with van der Waals surface area (Å²) in [5.41, 5.74) is 5.48. The lowest BCUT2D eigenvalue weighted by atomic mass is 10.2. The molecule has 94 valence electrons. The molecule has 2 amide bonds. The van der Waals surface area contributed by atoms with Gasteiger partial charge in [-0.05, 0) is 32.2 Å². The van der Waals surface area contributed by atoms with E-state index in [2.05, 4.69) is 12.2 Å². The van der Waals surface area contributed by atoms with Crippen molar-refractivity contribution in [2.45, 2.75) is 51.5 Å². The van der Waals surface area contributed by atoms with Crippen molar-refractivity contribution in [1.82, 2.24) is 10.2 Å². The molecule has 0 aromatic rings. The molecule has 0 aromatic heterocycles. The number of carbonyl (C=O) groups excluding carboxylic acids is 1. The highest BCUT2D eigenvalue weighted by Crippen LogP contribution is 2.17. The van der Waals surface area contributed by atoms with E-state index in [0.717, 1.165) is 38.8 Å². The zero-order valence-electron chi connectivity index (χ0n) is 10.4. The lowest BCUT2D eigenvalue weighted by molar-refractivity contribution is 0.193. The molecule has 1 aliphatic carbocycles. The second kappa shape index (κ2) is 7.49. The molecule has 1 fully saturated rings. The summed E-state index contributed by atoms with van der Waals surface area (Å²) in [6.45, 7) is 4.36. The van der Waals surface area contributed by atoms with Gasteiger partial charge in [-0.3, -0.25) is 0 Å². The van der Waals surface area contributed by atoms with E-state index < -0.39 is 0 Å². The Morgan fingerprint density at radius 3 is 2.62 bits per heavy atom. The number of hydrogen-bond acceptors (Lipinski definition) is 2. The second-order valence-electron chi connectivity index (χ2n) is 4.56. The Bertz CT molecular complexity index is 202. The fraction of sp³-hybridized carbons (Fsp3) is 0.917. The van der Waals surface area contributed by atoms with Crippen LogP contribution in [0.1, 0.15) is 45.4 Å². The largest absolute Gasteiger partial charge is 0.335 e. The highest BCUT2D eigenvalue weighted by atomic mass is 16.2. The number of amides is 2. The van der Waals surface area contributed by atoms with Crippen LogP contribution in [0, 0.1) is 0 Å². The summed E-state index contributed by atoms with van der Waals surface area (Å²) in [5.74, 6) is 0. The molecule has 0 heterocycles. The van der Waals surface area contributed by atoms with Gasteiger partial charge in [-0.25, -0.2) is 4.79 Å². The summed E-state index contributed by atoms with van der Waals surface area (Å²) < 4.78 is 0. The monoisotopic (exact) mass is 227 g/mol. The van der Waals surface area contributed by atoms with Gasteiger partial charge in [-0.1, -0.05) is 19.8 Å². The van der Waals surface area contributed by atoms with Crippen LogP contribution < -0.4 is 11.1 Å². The van der Waals surface area contributed by atoms with Crippen LogP contribution in [0.5, 0.6) is 0 Å². The van der Waals surface area contributed by atoms with E-state index in [9.17, 15) is 4.79 Å². The quantitative estimate of drug-likeness (QED) is 0.725. The first kappa shape index (κ1) is 13.3. The Kier molecular flexibility index (Phi) is 6.23. The molecule has 0 aromatic carbocycles. The van der Waals surface area contributed by atoms with Gasteiger partial charge in [0.2, 0.25) is 0 Å². The summed E-state index contributed by atoms with van der Waals surface area (Å²) in [7, 11) is 0. The van der Waals surface area contributed by atoms with Gasteiger partial charge in [0, 0.05) is 19.1 Å². The fourth-order valence-corrected chi connectivity index (χ4v) is 2.20. The van der Waals surface area contributed by atoms with Crippen molar-refractivity contribution in [3.63, 3.8) is 0 Å². The van der Waals surface area contributed by atoms with Crippen molar-refractivity contribution in [1.29, 1.82) is 0 Å². The molecule has 0 bridgehead atoms. The molecule has 0 atom stereocenters. The van der Waals surface area contributed by atoms with Gasteiger partial charge >= 0.3 is 6.03 Å². The van der Waals surface area contributed by atoms with Crippen LogP contribution in [0.25, 0.3) is 0 Å². The average Bonchev–Trinajstić information content (AvgIpc) is 2.76. The molecule has 1 saturated carbocycles. The maximum absolute atomic E-state index is 12.0. The van der Waals surface area contributed by atoms with Crippen molar-refractivity contribution < 1.29 is 4.79 Å². The normalized spacial score (nSPS) is 16.4. The van der Waals surface area contributed by atoms with E-state index in [1.807, 2.05) is 4.90 Å². The molecule has 0 radical (unpaired) electrons. The first-order chi connectivity index (χ1) is 7.77. The molecule has 4 heteroatoms. The number of nitrogens with one attached hydrogen (secondary N) is 1. The molecule has 0 aliphatic heterocycles. The van der Waals surface area contributed by atoms with Crippen LogP contribution in [-0.4, -0.2) is 36.6 Å². The molecule has 4 nitrogen and oxygen atoms in total. The van der Waals surface area contributed by atoms with E-state index in [0.29, 0.717) is 12.6 Å². The van der Waals surface area contributed by atoms with Gasteiger partial charge in [0.15, 0.2) is 0 Å². The van der Waals surface area contributed by atoms with E-state index >= 15 is 0 Å². The zero-order chi connectivity index (χ0) is 11.8. The van der Waals surface area contributed by atoms with Crippen molar-refractivity contribution in [2.75, 3.05) is 19.6 Å². The summed E-state index contributed by atoms with van der Waals surface area (Å²) in [6.07, 6.45) is 6.68. The summed E-state index contributed by atoms with van der Waals surface area (Å²) in [6, 6.07) is 0.506. The first-order valence-electron chi connectivity index (χ1n) is 6.53. The molecule has 1 rings (SSSR count). The predicted molar refractivity (Wildman–Crippen MR) is 66.3 cm³/mol. The second-order valence-corrected chi connectivity index (χ2v) is 4.56. The summed E-state index contributed by atoms with van der Waals surface area (Å²) >= 11 is 0. The zero-order valence-corrected chi connectivity index (χ0v) is 10.4. The summed E-state index contributed by atoms with van der Waals surface area (Å²) in [5, 5.41) is 3.12. The molecule has 16 heavy (non-hydrogen) atoms. The van der Waals surface area contributed by atoms with Crippen LogP contribution in [0.3, 0.4) is 0 Å². The van der Waals surface area contributed by atoms with Gasteiger partial charge in [0.25, 0.3) is 0 Å². The molecule has 1 aliphatic rings. The minimum Gasteiger partial charge on any atom is -0.335 e. The van der Waals surface area contributed by atoms with Gasteiger partial charge in [-0.2, -0.15) is 0 Å². The van der Waals surface area contributed by atoms with Crippen LogP contribution in [-0.2, 0) is 0 Å². The minimum absolute atomic E-state index is 0.0993. The number of urea groups is 1. The average molecular weight is 227 g/mol. The first-order valence-corrected chi connectivity index (χ1v) is 6.53. The van der Waals surface area contributed by atoms with E-state index in [4.69, 9.17) is 5.73 Å². The maximum atomic E-state index is 12.0. The Morgan fingerprint density at radius 2 is 2.06 bits per heavy atom. The smallest absolute Gasteiger partial charge is 0.317 e. The SMILES string of the molecule is CCCN(CCCN)C(=O)NC1CCCC1. The number of hydrogen-bond donors (Lipinski definition) is 2. The Hall–Kier alpha value is -0.770. The standard InChI is InChI=1S/C12H25N3O/c1-2-9-15(10-5-8-13)12(16)14-11-6-3-4-7-11/h11H,2-10,13H2,1H3,(H,14,16). The van der Waals surface area contributed by atoms with E-state index in [-0.39, 0.29) is 6.03 Å². The molecular formula is C12H25N3O. The van der Waals surface area contributed by atoms with Crippen molar-refractivity contribution in [3.8, 4) is 0 Å². The fourth-order valence-electron chi connectivity index (χ4n) is 2.20. The van der Waals surface area contributed by atoms with E-state index in [1.165, 1.54) is 12.8 Å². The molecule has 3 N–H and O–H groups in total. The minimum atomic E-state index is 0.0993. The number of rotatable bonds is 6. The van der Waals surface area contributed by atoms with Crippen molar-refractivity contribution >= 4 is 6.03 Å². The van der Waals surface area contributed by atoms with Gasteiger partial charge in [0.1, 0.15) is 0 Å². The van der Waals surface area contributed by atoms with Crippen LogP contribution in [0.2, 0.25) is 0 Å². The molecule has 0 unspecified atom stereocenters. The lowest BCUT2D eigenvalue weighted by Gasteiger charge is -2.24. The number of carbonyl (C=O) groups is 1. The lowest BCUT2D eigenvalue weighted by Crippen LogP contribution is -2.45.